The van der Waals surface area contributed by atoms with Crippen LogP contribution in [0.3, 0.4) is 0 Å². The predicted molar refractivity (Wildman–Crippen MR) is 72.8 cm³/mol. The van der Waals surface area contributed by atoms with Gasteiger partial charge in [-0.05, 0) is 18.8 Å². The molecular formula is C13H19N3OS. The van der Waals surface area contributed by atoms with Crippen molar-refractivity contribution in [3.63, 3.8) is 0 Å². The molecule has 5 heteroatoms. The van der Waals surface area contributed by atoms with Crippen molar-refractivity contribution >= 4 is 16.3 Å². The summed E-state index contributed by atoms with van der Waals surface area (Å²) in [5, 5.41) is 11.9. The molecule has 1 N–H and O–H groups in total. The summed E-state index contributed by atoms with van der Waals surface area (Å²) in [4.78, 5) is 8.09. The van der Waals surface area contributed by atoms with Gasteiger partial charge < -0.3 is 5.11 Å². The van der Waals surface area contributed by atoms with E-state index in [1.807, 2.05) is 6.20 Å². The number of aliphatic hydroxyl groups is 1. The molecule has 1 aliphatic rings. The number of likely N-dealkylation sites (tertiary alicyclic amines) is 1. The highest BCUT2D eigenvalue weighted by Crippen LogP contribution is 2.22. The molecule has 0 aliphatic carbocycles. The molecule has 4 nitrogen and oxygen atoms in total. The van der Waals surface area contributed by atoms with E-state index in [1.54, 1.807) is 11.3 Å². The number of thiazole rings is 1. The van der Waals surface area contributed by atoms with Crippen LogP contribution >= 0.6 is 11.3 Å². The van der Waals surface area contributed by atoms with Gasteiger partial charge in [-0.3, -0.25) is 9.30 Å². The van der Waals surface area contributed by atoms with Gasteiger partial charge >= 0.3 is 0 Å². The molecule has 2 aromatic heterocycles. The Morgan fingerprint density at radius 2 is 2.44 bits per heavy atom. The number of imidazole rings is 1. The fraction of sp³-hybridized carbons (Fsp3) is 0.615. The molecule has 2 unspecified atom stereocenters. The van der Waals surface area contributed by atoms with Crippen molar-refractivity contribution in [2.24, 2.45) is 5.92 Å². The SMILES string of the molecule is CCC1CN(Cc2cn3ccsc3n2)CCC1O. The topological polar surface area (TPSA) is 40.8 Å². The van der Waals surface area contributed by atoms with Crippen LogP contribution in [0.5, 0.6) is 0 Å². The minimum absolute atomic E-state index is 0.114. The molecule has 98 valence electrons. The molecule has 0 spiro atoms. The average molecular weight is 265 g/mol. The van der Waals surface area contributed by atoms with Crippen molar-refractivity contribution in [3.05, 3.63) is 23.5 Å². The summed E-state index contributed by atoms with van der Waals surface area (Å²) in [5.41, 5.74) is 1.13. The zero-order valence-electron chi connectivity index (χ0n) is 10.6. The summed E-state index contributed by atoms with van der Waals surface area (Å²) in [6.45, 7) is 5.02. The minimum Gasteiger partial charge on any atom is -0.393 e. The first-order valence-electron chi connectivity index (χ1n) is 6.57. The zero-order chi connectivity index (χ0) is 12.5. The summed E-state index contributed by atoms with van der Waals surface area (Å²) in [6, 6.07) is 0. The second kappa shape index (κ2) is 4.99. The molecule has 0 aromatic carbocycles. The lowest BCUT2D eigenvalue weighted by Crippen LogP contribution is -2.42. The molecule has 2 atom stereocenters. The Morgan fingerprint density at radius 1 is 1.56 bits per heavy atom. The standard InChI is InChI=1S/C13H19N3OS/c1-2-10-7-15(4-3-12(10)17)8-11-9-16-5-6-18-13(16)14-11/h5-6,9-10,12,17H,2-4,7-8H2,1H3. The summed E-state index contributed by atoms with van der Waals surface area (Å²) in [6.07, 6.45) is 5.98. The number of hydrogen-bond donors (Lipinski definition) is 1. The van der Waals surface area contributed by atoms with Crippen molar-refractivity contribution < 1.29 is 5.11 Å². The highest BCUT2D eigenvalue weighted by molar-refractivity contribution is 7.15. The molecular weight excluding hydrogens is 246 g/mol. The second-order valence-electron chi connectivity index (χ2n) is 5.08. The fourth-order valence-electron chi connectivity index (χ4n) is 2.72. The van der Waals surface area contributed by atoms with E-state index >= 15 is 0 Å². The van der Waals surface area contributed by atoms with E-state index in [-0.39, 0.29) is 6.10 Å². The van der Waals surface area contributed by atoms with Crippen molar-refractivity contribution in [1.29, 1.82) is 0 Å². The lowest BCUT2D eigenvalue weighted by molar-refractivity contribution is 0.0218. The summed E-state index contributed by atoms with van der Waals surface area (Å²) < 4.78 is 2.08. The molecule has 18 heavy (non-hydrogen) atoms. The molecule has 0 bridgehead atoms. The Bertz CT molecular complexity index is 493. The molecule has 1 aliphatic heterocycles. The maximum Gasteiger partial charge on any atom is 0.193 e. The number of nitrogens with zero attached hydrogens (tertiary/aromatic N) is 3. The number of piperidine rings is 1. The third kappa shape index (κ3) is 2.30. The van der Waals surface area contributed by atoms with Crippen LogP contribution in [0.2, 0.25) is 0 Å². The van der Waals surface area contributed by atoms with Crippen LogP contribution in [0, 0.1) is 5.92 Å². The third-order valence-corrected chi connectivity index (χ3v) is 4.60. The molecule has 3 rings (SSSR count). The van der Waals surface area contributed by atoms with Crippen molar-refractivity contribution in [2.75, 3.05) is 13.1 Å². The number of fused-ring (bicyclic) bond motifs is 1. The highest BCUT2D eigenvalue weighted by atomic mass is 32.1. The molecule has 0 saturated carbocycles. The maximum atomic E-state index is 9.89. The maximum absolute atomic E-state index is 9.89. The Balaban J connectivity index is 1.67. The normalized spacial score (nSPS) is 25.9. The molecule has 0 radical (unpaired) electrons. The quantitative estimate of drug-likeness (QED) is 0.922. The van der Waals surface area contributed by atoms with E-state index in [1.165, 1.54) is 0 Å². The first-order valence-corrected chi connectivity index (χ1v) is 7.45. The van der Waals surface area contributed by atoms with Gasteiger partial charge in [-0.15, -0.1) is 11.3 Å². The van der Waals surface area contributed by atoms with Gasteiger partial charge in [0.2, 0.25) is 0 Å². The van der Waals surface area contributed by atoms with E-state index in [2.05, 4.69) is 32.8 Å². The number of rotatable bonds is 3. The Hall–Kier alpha value is -0.910. The van der Waals surface area contributed by atoms with Gasteiger partial charge in [-0.1, -0.05) is 6.92 Å². The second-order valence-corrected chi connectivity index (χ2v) is 5.96. The average Bonchev–Trinajstić information content (AvgIpc) is 2.92. The van der Waals surface area contributed by atoms with E-state index in [4.69, 9.17) is 0 Å². The first kappa shape index (κ1) is 12.1. The molecule has 0 amide bonds. The zero-order valence-corrected chi connectivity index (χ0v) is 11.4. The molecule has 1 fully saturated rings. The number of aliphatic hydroxyl groups excluding tert-OH is 1. The monoisotopic (exact) mass is 265 g/mol. The van der Waals surface area contributed by atoms with E-state index in [0.717, 1.165) is 43.1 Å². The molecule has 3 heterocycles. The summed E-state index contributed by atoms with van der Waals surface area (Å²) in [5.74, 6) is 0.419. The largest absolute Gasteiger partial charge is 0.393 e. The fourth-order valence-corrected chi connectivity index (χ4v) is 3.44. The Labute approximate surface area is 111 Å². The minimum atomic E-state index is -0.114. The van der Waals surface area contributed by atoms with Crippen LogP contribution in [0.1, 0.15) is 25.5 Å². The van der Waals surface area contributed by atoms with Gasteiger partial charge in [0, 0.05) is 37.4 Å². The van der Waals surface area contributed by atoms with Gasteiger partial charge in [-0.2, -0.15) is 0 Å². The van der Waals surface area contributed by atoms with E-state index < -0.39 is 0 Å². The van der Waals surface area contributed by atoms with Gasteiger partial charge in [0.05, 0.1) is 11.8 Å². The Morgan fingerprint density at radius 3 is 3.22 bits per heavy atom. The summed E-state index contributed by atoms with van der Waals surface area (Å²) >= 11 is 1.67. The lowest BCUT2D eigenvalue weighted by atomic mass is 9.92. The van der Waals surface area contributed by atoms with Crippen LogP contribution in [0.25, 0.3) is 4.96 Å². The van der Waals surface area contributed by atoms with Gasteiger partial charge in [-0.25, -0.2) is 4.98 Å². The van der Waals surface area contributed by atoms with E-state index in [0.29, 0.717) is 5.92 Å². The Kier molecular flexibility index (Phi) is 3.37. The van der Waals surface area contributed by atoms with Gasteiger partial charge in [0.25, 0.3) is 0 Å². The van der Waals surface area contributed by atoms with Crippen LogP contribution in [0.15, 0.2) is 17.8 Å². The van der Waals surface area contributed by atoms with Crippen molar-refractivity contribution in [1.82, 2.24) is 14.3 Å². The molecule has 2 aromatic rings. The number of aromatic nitrogens is 2. The highest BCUT2D eigenvalue weighted by Gasteiger charge is 2.26. The smallest absolute Gasteiger partial charge is 0.193 e. The van der Waals surface area contributed by atoms with Gasteiger partial charge in [0.1, 0.15) is 0 Å². The van der Waals surface area contributed by atoms with Crippen molar-refractivity contribution in [2.45, 2.75) is 32.4 Å². The van der Waals surface area contributed by atoms with Crippen LogP contribution in [-0.4, -0.2) is 38.6 Å². The lowest BCUT2D eigenvalue weighted by Gasteiger charge is -2.35. The van der Waals surface area contributed by atoms with Crippen LogP contribution in [-0.2, 0) is 6.54 Å². The van der Waals surface area contributed by atoms with Crippen molar-refractivity contribution in [3.8, 4) is 0 Å². The molecule has 1 saturated heterocycles. The van der Waals surface area contributed by atoms with Gasteiger partial charge in [0.15, 0.2) is 4.96 Å². The first-order chi connectivity index (χ1) is 8.76. The predicted octanol–water partition coefficient (Wildman–Crippen LogP) is 1.99. The number of hydrogen-bond acceptors (Lipinski definition) is 4. The summed E-state index contributed by atoms with van der Waals surface area (Å²) in [7, 11) is 0. The third-order valence-electron chi connectivity index (χ3n) is 3.83. The van der Waals surface area contributed by atoms with E-state index in [9.17, 15) is 5.11 Å². The van der Waals surface area contributed by atoms with Crippen LogP contribution in [0.4, 0.5) is 0 Å². The van der Waals surface area contributed by atoms with Crippen LogP contribution < -0.4 is 0 Å².